The minimum Gasteiger partial charge on any atom is -0.495 e. The molecule has 0 aromatic carbocycles. The van der Waals surface area contributed by atoms with Gasteiger partial charge in [0.15, 0.2) is 0 Å². The standard InChI is InChI=1S/C14H22N2O3S/c1-18-12-5-10-20-13(12)14(17)16-7-3-11(4-8-16)19-9-2-6-15/h5,10-11H,2-4,6-9,15H2,1H3. The highest BCUT2D eigenvalue weighted by atomic mass is 32.1. The molecular formula is C14H22N2O3S. The van der Waals surface area contributed by atoms with Crippen molar-refractivity contribution in [3.8, 4) is 5.75 Å². The molecule has 0 saturated carbocycles. The maximum atomic E-state index is 12.4. The van der Waals surface area contributed by atoms with Crippen LogP contribution in [0.25, 0.3) is 0 Å². The normalized spacial score (nSPS) is 16.4. The summed E-state index contributed by atoms with van der Waals surface area (Å²) in [6, 6.07) is 1.83. The van der Waals surface area contributed by atoms with Gasteiger partial charge < -0.3 is 20.1 Å². The molecule has 0 spiro atoms. The fourth-order valence-corrected chi connectivity index (χ4v) is 3.14. The van der Waals surface area contributed by atoms with Crippen LogP contribution >= 0.6 is 11.3 Å². The second kappa shape index (κ2) is 7.61. The van der Waals surface area contributed by atoms with E-state index in [9.17, 15) is 4.79 Å². The number of amides is 1. The minimum absolute atomic E-state index is 0.0669. The molecule has 1 aromatic rings. The molecule has 112 valence electrons. The number of nitrogens with two attached hydrogens (primary N) is 1. The highest BCUT2D eigenvalue weighted by Gasteiger charge is 2.26. The Hall–Kier alpha value is -1.11. The first-order valence-corrected chi connectivity index (χ1v) is 7.86. The van der Waals surface area contributed by atoms with Crippen LogP contribution in [-0.4, -0.2) is 50.3 Å². The van der Waals surface area contributed by atoms with Crippen LogP contribution in [0.1, 0.15) is 28.9 Å². The van der Waals surface area contributed by atoms with Gasteiger partial charge in [0, 0.05) is 19.7 Å². The summed E-state index contributed by atoms with van der Waals surface area (Å²) in [5.41, 5.74) is 5.44. The van der Waals surface area contributed by atoms with Crippen LogP contribution in [0.4, 0.5) is 0 Å². The second-order valence-corrected chi connectivity index (χ2v) is 5.74. The topological polar surface area (TPSA) is 64.8 Å². The minimum atomic E-state index is 0.0669. The van der Waals surface area contributed by atoms with Crippen LogP contribution in [0.15, 0.2) is 11.4 Å². The van der Waals surface area contributed by atoms with Gasteiger partial charge in [0.1, 0.15) is 10.6 Å². The number of methoxy groups -OCH3 is 1. The fourth-order valence-electron chi connectivity index (χ4n) is 2.32. The summed E-state index contributed by atoms with van der Waals surface area (Å²) < 4.78 is 11.0. The first-order chi connectivity index (χ1) is 9.76. The molecule has 1 aliphatic heterocycles. The van der Waals surface area contributed by atoms with Gasteiger partial charge in [-0.15, -0.1) is 11.3 Å². The summed E-state index contributed by atoms with van der Waals surface area (Å²) >= 11 is 1.43. The van der Waals surface area contributed by atoms with Gasteiger partial charge in [0.05, 0.1) is 13.2 Å². The maximum Gasteiger partial charge on any atom is 0.267 e. The average Bonchev–Trinajstić information content (AvgIpc) is 2.96. The monoisotopic (exact) mass is 298 g/mol. The van der Waals surface area contributed by atoms with Crippen molar-refractivity contribution in [2.24, 2.45) is 5.73 Å². The Bertz CT molecular complexity index is 428. The summed E-state index contributed by atoms with van der Waals surface area (Å²) in [6.07, 6.45) is 2.94. The summed E-state index contributed by atoms with van der Waals surface area (Å²) in [5.74, 6) is 0.735. The first-order valence-electron chi connectivity index (χ1n) is 6.98. The molecule has 5 nitrogen and oxygen atoms in total. The van der Waals surface area contributed by atoms with Crippen molar-refractivity contribution >= 4 is 17.2 Å². The van der Waals surface area contributed by atoms with Crippen LogP contribution in [0.3, 0.4) is 0 Å². The number of thiophene rings is 1. The lowest BCUT2D eigenvalue weighted by Crippen LogP contribution is -2.40. The highest BCUT2D eigenvalue weighted by Crippen LogP contribution is 2.27. The molecule has 2 rings (SSSR count). The molecule has 1 saturated heterocycles. The molecule has 20 heavy (non-hydrogen) atoms. The molecular weight excluding hydrogens is 276 g/mol. The molecule has 0 atom stereocenters. The lowest BCUT2D eigenvalue weighted by atomic mass is 10.1. The molecule has 0 radical (unpaired) electrons. The van der Waals surface area contributed by atoms with Gasteiger partial charge in [0.2, 0.25) is 0 Å². The zero-order valence-electron chi connectivity index (χ0n) is 11.8. The molecule has 1 amide bonds. The van der Waals surface area contributed by atoms with Gasteiger partial charge in [-0.25, -0.2) is 0 Å². The van der Waals surface area contributed by atoms with Gasteiger partial charge >= 0.3 is 0 Å². The number of hydrogen-bond donors (Lipinski definition) is 1. The Morgan fingerprint density at radius 3 is 2.90 bits per heavy atom. The molecule has 6 heteroatoms. The lowest BCUT2D eigenvalue weighted by Gasteiger charge is -2.31. The van der Waals surface area contributed by atoms with Crippen LogP contribution < -0.4 is 10.5 Å². The molecule has 0 unspecified atom stereocenters. The Morgan fingerprint density at radius 2 is 2.25 bits per heavy atom. The number of carbonyl (C=O) groups is 1. The predicted molar refractivity (Wildman–Crippen MR) is 79.4 cm³/mol. The summed E-state index contributed by atoms with van der Waals surface area (Å²) in [6.45, 7) is 2.86. The van der Waals surface area contributed by atoms with E-state index < -0.39 is 0 Å². The number of piperidine rings is 1. The zero-order chi connectivity index (χ0) is 14.4. The van der Waals surface area contributed by atoms with Gasteiger partial charge in [-0.3, -0.25) is 4.79 Å². The van der Waals surface area contributed by atoms with Gasteiger partial charge in [-0.05, 0) is 37.3 Å². The van der Waals surface area contributed by atoms with Gasteiger partial charge in [0.25, 0.3) is 5.91 Å². The van der Waals surface area contributed by atoms with Crippen molar-refractivity contribution in [2.75, 3.05) is 33.4 Å². The number of rotatable bonds is 6. The third kappa shape index (κ3) is 3.71. The fraction of sp³-hybridized carbons (Fsp3) is 0.643. The van der Waals surface area contributed by atoms with Crippen molar-refractivity contribution in [1.82, 2.24) is 4.90 Å². The van der Waals surface area contributed by atoms with Crippen molar-refractivity contribution < 1.29 is 14.3 Å². The van der Waals surface area contributed by atoms with Crippen LogP contribution in [0.5, 0.6) is 5.75 Å². The van der Waals surface area contributed by atoms with E-state index in [1.165, 1.54) is 11.3 Å². The van der Waals surface area contributed by atoms with Crippen molar-refractivity contribution in [1.29, 1.82) is 0 Å². The van der Waals surface area contributed by atoms with Gasteiger partial charge in [-0.1, -0.05) is 0 Å². The lowest BCUT2D eigenvalue weighted by molar-refractivity contribution is 0.00852. The zero-order valence-corrected chi connectivity index (χ0v) is 12.7. The Kier molecular flexibility index (Phi) is 5.82. The molecule has 2 heterocycles. The smallest absolute Gasteiger partial charge is 0.267 e. The van der Waals surface area contributed by atoms with Crippen LogP contribution in [-0.2, 0) is 4.74 Å². The van der Waals surface area contributed by atoms with E-state index in [2.05, 4.69) is 0 Å². The van der Waals surface area contributed by atoms with Crippen molar-refractivity contribution in [3.05, 3.63) is 16.3 Å². The van der Waals surface area contributed by atoms with E-state index in [0.717, 1.165) is 32.4 Å². The quantitative estimate of drug-likeness (QED) is 0.812. The predicted octanol–water partition coefficient (Wildman–Crippen LogP) is 1.73. The number of ether oxygens (including phenoxy) is 2. The van der Waals surface area contributed by atoms with E-state index in [-0.39, 0.29) is 12.0 Å². The van der Waals surface area contributed by atoms with Crippen LogP contribution in [0.2, 0.25) is 0 Å². The number of nitrogens with zero attached hydrogens (tertiary/aromatic N) is 1. The third-order valence-corrected chi connectivity index (χ3v) is 4.36. The Labute approximate surface area is 123 Å². The molecule has 0 aliphatic carbocycles. The number of carbonyl (C=O) groups excluding carboxylic acids is 1. The molecule has 0 bridgehead atoms. The number of likely N-dealkylation sites (tertiary alicyclic amines) is 1. The van der Waals surface area contributed by atoms with E-state index in [0.29, 0.717) is 23.8 Å². The summed E-state index contributed by atoms with van der Waals surface area (Å²) in [5, 5.41) is 1.88. The maximum absolute atomic E-state index is 12.4. The molecule has 2 N–H and O–H groups in total. The average molecular weight is 298 g/mol. The van der Waals surface area contributed by atoms with E-state index in [1.807, 2.05) is 16.3 Å². The molecule has 1 aliphatic rings. The highest BCUT2D eigenvalue weighted by molar-refractivity contribution is 7.12. The SMILES string of the molecule is COc1ccsc1C(=O)N1CCC(OCCCN)CC1. The van der Waals surface area contributed by atoms with Gasteiger partial charge in [-0.2, -0.15) is 0 Å². The second-order valence-electron chi connectivity index (χ2n) is 4.82. The van der Waals surface area contributed by atoms with E-state index in [4.69, 9.17) is 15.2 Å². The largest absolute Gasteiger partial charge is 0.495 e. The van der Waals surface area contributed by atoms with Crippen molar-refractivity contribution in [3.63, 3.8) is 0 Å². The summed E-state index contributed by atoms with van der Waals surface area (Å²) in [7, 11) is 1.59. The first kappa shape index (κ1) is 15.3. The Morgan fingerprint density at radius 1 is 1.50 bits per heavy atom. The molecule has 1 fully saturated rings. The summed E-state index contributed by atoms with van der Waals surface area (Å²) in [4.78, 5) is 15.0. The van der Waals surface area contributed by atoms with E-state index >= 15 is 0 Å². The Balaban J connectivity index is 1.83. The third-order valence-electron chi connectivity index (χ3n) is 3.47. The van der Waals surface area contributed by atoms with Crippen molar-refractivity contribution in [2.45, 2.75) is 25.4 Å². The van der Waals surface area contributed by atoms with Crippen LogP contribution in [0, 0.1) is 0 Å². The molecule has 1 aromatic heterocycles. The van der Waals surface area contributed by atoms with E-state index in [1.54, 1.807) is 7.11 Å². The number of hydrogen-bond acceptors (Lipinski definition) is 5.